The topological polar surface area (TPSA) is 36.4 Å². The van der Waals surface area contributed by atoms with E-state index in [0.29, 0.717) is 11.1 Å². The highest BCUT2D eigenvalue weighted by molar-refractivity contribution is 6.29. The summed E-state index contributed by atoms with van der Waals surface area (Å²) in [4.78, 5) is 6.58. The van der Waals surface area contributed by atoms with Crippen molar-refractivity contribution in [2.24, 2.45) is 5.92 Å². The summed E-state index contributed by atoms with van der Waals surface area (Å²) in [7, 11) is 0. The van der Waals surface area contributed by atoms with Gasteiger partial charge in [0.25, 0.3) is 0 Å². The molecule has 0 amide bonds. The van der Waals surface area contributed by atoms with Crippen LogP contribution in [-0.4, -0.2) is 34.2 Å². The molecule has 16 heavy (non-hydrogen) atoms. The summed E-state index contributed by atoms with van der Waals surface area (Å²) < 4.78 is 0. The first kappa shape index (κ1) is 11.8. The van der Waals surface area contributed by atoms with Crippen LogP contribution in [0.3, 0.4) is 0 Å². The van der Waals surface area contributed by atoms with Crippen molar-refractivity contribution in [1.29, 1.82) is 0 Å². The number of likely N-dealkylation sites (tertiary alicyclic amines) is 1. The van der Waals surface area contributed by atoms with E-state index in [2.05, 4.69) is 9.88 Å². The molecule has 1 aromatic heterocycles. The minimum Gasteiger partial charge on any atom is -0.393 e. The molecule has 0 radical (unpaired) electrons. The molecule has 0 bridgehead atoms. The first-order valence-electron chi connectivity index (χ1n) is 5.67. The van der Waals surface area contributed by atoms with Gasteiger partial charge >= 0.3 is 0 Å². The van der Waals surface area contributed by atoms with Gasteiger partial charge in [0, 0.05) is 13.1 Å². The maximum Gasteiger partial charge on any atom is 0.129 e. The Kier molecular flexibility index (Phi) is 3.79. The fraction of sp³-hybridized carbons (Fsp3) is 0.583. The second kappa shape index (κ2) is 5.13. The zero-order chi connectivity index (χ0) is 11.5. The maximum atomic E-state index is 9.52. The van der Waals surface area contributed by atoms with E-state index in [-0.39, 0.29) is 6.10 Å². The van der Waals surface area contributed by atoms with Crippen LogP contribution in [0.4, 0.5) is 0 Å². The van der Waals surface area contributed by atoms with Crippen LogP contribution in [-0.2, 0) is 6.54 Å². The van der Waals surface area contributed by atoms with Crippen molar-refractivity contribution in [1.82, 2.24) is 9.88 Å². The van der Waals surface area contributed by atoms with Crippen LogP contribution in [0, 0.1) is 5.92 Å². The molecule has 0 saturated carbocycles. The van der Waals surface area contributed by atoms with Gasteiger partial charge in [0.15, 0.2) is 0 Å². The molecule has 2 unspecified atom stereocenters. The zero-order valence-corrected chi connectivity index (χ0v) is 10.2. The quantitative estimate of drug-likeness (QED) is 0.821. The Morgan fingerprint density at radius 2 is 2.44 bits per heavy atom. The minimum atomic E-state index is -0.211. The smallest absolute Gasteiger partial charge is 0.129 e. The largest absolute Gasteiger partial charge is 0.393 e. The molecule has 1 saturated heterocycles. The number of hydrogen-bond acceptors (Lipinski definition) is 3. The molecule has 1 aliphatic heterocycles. The predicted octanol–water partition coefficient (Wildman–Crippen LogP) is 1.94. The van der Waals surface area contributed by atoms with E-state index < -0.39 is 0 Å². The number of nitrogens with zero attached hydrogens (tertiary/aromatic N) is 2. The van der Waals surface area contributed by atoms with Crippen molar-refractivity contribution >= 4 is 11.6 Å². The molecule has 1 aliphatic rings. The van der Waals surface area contributed by atoms with Gasteiger partial charge < -0.3 is 5.11 Å². The minimum absolute atomic E-state index is 0.211. The molecule has 3 nitrogen and oxygen atoms in total. The lowest BCUT2D eigenvalue weighted by Gasteiger charge is -2.16. The molecular formula is C12H17ClN2O. The average Bonchev–Trinajstić information content (AvgIpc) is 2.66. The molecule has 88 valence electrons. The van der Waals surface area contributed by atoms with E-state index in [1.807, 2.05) is 19.1 Å². The summed E-state index contributed by atoms with van der Waals surface area (Å²) in [6.07, 6.45) is 0.857. The highest BCUT2D eigenvalue weighted by Crippen LogP contribution is 2.21. The average molecular weight is 241 g/mol. The van der Waals surface area contributed by atoms with Crippen molar-refractivity contribution < 1.29 is 5.11 Å². The van der Waals surface area contributed by atoms with Crippen LogP contribution in [0.2, 0.25) is 5.15 Å². The van der Waals surface area contributed by atoms with Crippen LogP contribution in [0.1, 0.15) is 19.0 Å². The second-order valence-corrected chi connectivity index (χ2v) is 4.86. The highest BCUT2D eigenvalue weighted by atomic mass is 35.5. The molecule has 0 aromatic carbocycles. The first-order valence-corrected chi connectivity index (χ1v) is 6.05. The highest BCUT2D eigenvalue weighted by Gasteiger charge is 2.25. The number of aliphatic hydroxyl groups is 1. The zero-order valence-electron chi connectivity index (χ0n) is 9.43. The third-order valence-corrected chi connectivity index (χ3v) is 3.36. The monoisotopic (exact) mass is 240 g/mol. The summed E-state index contributed by atoms with van der Waals surface area (Å²) in [6.45, 7) is 4.67. The molecule has 0 aliphatic carbocycles. The van der Waals surface area contributed by atoms with Crippen LogP contribution in [0.5, 0.6) is 0 Å². The first-order chi connectivity index (χ1) is 7.65. The van der Waals surface area contributed by atoms with Gasteiger partial charge in [-0.25, -0.2) is 4.98 Å². The van der Waals surface area contributed by atoms with Gasteiger partial charge in [-0.15, -0.1) is 0 Å². The number of pyridine rings is 1. The summed E-state index contributed by atoms with van der Waals surface area (Å²) >= 11 is 5.84. The molecule has 2 heterocycles. The van der Waals surface area contributed by atoms with Gasteiger partial charge in [-0.2, -0.15) is 0 Å². The van der Waals surface area contributed by atoms with Gasteiger partial charge in [0.1, 0.15) is 5.15 Å². The fourth-order valence-electron chi connectivity index (χ4n) is 2.17. The van der Waals surface area contributed by atoms with Crippen molar-refractivity contribution in [3.05, 3.63) is 29.0 Å². The van der Waals surface area contributed by atoms with E-state index >= 15 is 0 Å². The van der Waals surface area contributed by atoms with Gasteiger partial charge in [-0.1, -0.05) is 17.7 Å². The van der Waals surface area contributed by atoms with Crippen molar-refractivity contribution in [3.63, 3.8) is 0 Å². The van der Waals surface area contributed by atoms with Crippen molar-refractivity contribution in [3.8, 4) is 0 Å². The Morgan fingerprint density at radius 3 is 3.06 bits per heavy atom. The number of aliphatic hydroxyl groups excluding tert-OH is 1. The molecule has 2 rings (SSSR count). The third kappa shape index (κ3) is 2.94. The number of aromatic nitrogens is 1. The Morgan fingerprint density at radius 1 is 1.62 bits per heavy atom. The fourth-order valence-corrected chi connectivity index (χ4v) is 2.35. The Labute approximate surface area is 101 Å². The summed E-state index contributed by atoms with van der Waals surface area (Å²) in [6, 6.07) is 5.70. The molecule has 1 N–H and O–H groups in total. The lowest BCUT2D eigenvalue weighted by Crippen LogP contribution is -2.24. The number of halogens is 1. The predicted molar refractivity (Wildman–Crippen MR) is 64.3 cm³/mol. The van der Waals surface area contributed by atoms with E-state index in [0.717, 1.165) is 31.7 Å². The van der Waals surface area contributed by atoms with Gasteiger partial charge in [0.2, 0.25) is 0 Å². The van der Waals surface area contributed by atoms with Crippen LogP contribution >= 0.6 is 11.6 Å². The van der Waals surface area contributed by atoms with E-state index in [1.165, 1.54) is 0 Å². The lowest BCUT2D eigenvalue weighted by molar-refractivity contribution is 0.127. The normalized spacial score (nSPS) is 23.6. The number of rotatable bonds is 3. The molecule has 0 spiro atoms. The standard InChI is InChI=1S/C12H17ClN2O/c1-9(16)10-5-6-15(7-10)8-11-3-2-4-12(13)14-11/h2-4,9-10,16H,5-8H2,1H3. The number of hydrogen-bond donors (Lipinski definition) is 1. The SMILES string of the molecule is CC(O)C1CCN(Cc2cccc(Cl)n2)C1. The maximum absolute atomic E-state index is 9.52. The Hall–Kier alpha value is -0.640. The van der Waals surface area contributed by atoms with Crippen LogP contribution in [0.25, 0.3) is 0 Å². The second-order valence-electron chi connectivity index (χ2n) is 4.48. The molecule has 1 aromatic rings. The summed E-state index contributed by atoms with van der Waals surface area (Å²) in [5, 5.41) is 10.1. The molecule has 2 atom stereocenters. The van der Waals surface area contributed by atoms with Crippen molar-refractivity contribution in [2.45, 2.75) is 26.0 Å². The van der Waals surface area contributed by atoms with E-state index in [9.17, 15) is 5.11 Å². The van der Waals surface area contributed by atoms with Crippen molar-refractivity contribution in [2.75, 3.05) is 13.1 Å². The molecule has 1 fully saturated rings. The summed E-state index contributed by atoms with van der Waals surface area (Å²) in [5.74, 6) is 0.402. The molecular weight excluding hydrogens is 224 g/mol. The van der Waals surface area contributed by atoms with E-state index in [4.69, 9.17) is 11.6 Å². The van der Waals surface area contributed by atoms with Gasteiger partial charge in [0.05, 0.1) is 11.8 Å². The molecule has 4 heteroatoms. The van der Waals surface area contributed by atoms with Gasteiger partial charge in [-0.05, 0) is 37.9 Å². The lowest BCUT2D eigenvalue weighted by atomic mass is 10.0. The van der Waals surface area contributed by atoms with Crippen LogP contribution < -0.4 is 0 Å². The Bertz CT molecular complexity index is 357. The Balaban J connectivity index is 1.92. The third-order valence-electron chi connectivity index (χ3n) is 3.15. The van der Waals surface area contributed by atoms with E-state index in [1.54, 1.807) is 6.07 Å². The summed E-state index contributed by atoms with van der Waals surface area (Å²) in [5.41, 5.74) is 0.999. The van der Waals surface area contributed by atoms with Crippen LogP contribution in [0.15, 0.2) is 18.2 Å². The van der Waals surface area contributed by atoms with Gasteiger partial charge in [-0.3, -0.25) is 4.90 Å².